The maximum absolute atomic E-state index is 12.6. The van der Waals surface area contributed by atoms with E-state index in [2.05, 4.69) is 10.3 Å². The van der Waals surface area contributed by atoms with Gasteiger partial charge < -0.3 is 14.2 Å². The van der Waals surface area contributed by atoms with E-state index in [0.717, 1.165) is 16.7 Å². The maximum Gasteiger partial charge on any atom is 0.331 e. The molecule has 9 nitrogen and oxygen atoms in total. The Morgan fingerprint density at radius 3 is 1.95 bits per heavy atom. The van der Waals surface area contributed by atoms with Crippen LogP contribution in [0.5, 0.6) is 0 Å². The molecule has 202 valence electrons. The number of benzene rings is 2. The van der Waals surface area contributed by atoms with Crippen LogP contribution in [0.25, 0.3) is 11.3 Å². The van der Waals surface area contributed by atoms with Crippen LogP contribution in [0.3, 0.4) is 0 Å². The van der Waals surface area contributed by atoms with Crippen LogP contribution in [-0.4, -0.2) is 53.2 Å². The molecule has 3 aromatic rings. The lowest BCUT2D eigenvalue weighted by atomic mass is 9.78. The fraction of sp³-hybridized carbons (Fsp3) is 0.414. The monoisotopic (exact) mass is 521 g/mol. The Labute approximate surface area is 223 Å². The van der Waals surface area contributed by atoms with E-state index in [9.17, 15) is 14.4 Å². The molecule has 0 radical (unpaired) electrons. The second-order valence-electron chi connectivity index (χ2n) is 9.04. The zero-order chi connectivity index (χ0) is 27.7. The molecule has 9 heteroatoms. The maximum atomic E-state index is 12.6. The molecule has 38 heavy (non-hydrogen) atoms. The summed E-state index contributed by atoms with van der Waals surface area (Å²) in [6, 6.07) is 16.4. The minimum atomic E-state index is -0.664. The molecule has 0 bridgehead atoms. The van der Waals surface area contributed by atoms with E-state index in [4.69, 9.17) is 14.2 Å². The quantitative estimate of drug-likeness (QED) is 0.255. The third kappa shape index (κ3) is 6.85. The molecular weight excluding hydrogens is 486 g/mol. The van der Waals surface area contributed by atoms with Crippen LogP contribution >= 0.6 is 0 Å². The average Bonchev–Trinajstić information content (AvgIpc) is 3.42. The molecule has 0 fully saturated rings. The van der Waals surface area contributed by atoms with E-state index in [0.29, 0.717) is 12.1 Å². The fourth-order valence-corrected chi connectivity index (χ4v) is 4.55. The molecule has 0 saturated heterocycles. The van der Waals surface area contributed by atoms with Crippen molar-refractivity contribution in [2.24, 2.45) is 11.8 Å². The SMILES string of the molecule is CCOC(=O)C(C)C(c1ccc(-c2cn([C@@H](Cc3ccccc3)C(=O)OC)nn2)cc1)C(C)C(=O)OCC. The number of hydrogen-bond acceptors (Lipinski definition) is 8. The second kappa shape index (κ2) is 13.5. The molecule has 0 amide bonds. The molecule has 0 aliphatic carbocycles. The minimum absolute atomic E-state index is 0.259. The highest BCUT2D eigenvalue weighted by Crippen LogP contribution is 2.35. The second-order valence-corrected chi connectivity index (χ2v) is 9.04. The van der Waals surface area contributed by atoms with Crippen LogP contribution < -0.4 is 0 Å². The number of esters is 3. The molecule has 3 atom stereocenters. The number of aromatic nitrogens is 3. The van der Waals surface area contributed by atoms with Crippen molar-refractivity contribution in [2.75, 3.05) is 20.3 Å². The number of carbonyl (C=O) groups is 3. The lowest BCUT2D eigenvalue weighted by Crippen LogP contribution is -2.31. The van der Waals surface area contributed by atoms with E-state index < -0.39 is 29.8 Å². The van der Waals surface area contributed by atoms with Crippen LogP contribution in [0, 0.1) is 11.8 Å². The molecule has 2 aromatic carbocycles. The van der Waals surface area contributed by atoms with Gasteiger partial charge in [-0.1, -0.05) is 73.7 Å². The van der Waals surface area contributed by atoms with E-state index in [1.807, 2.05) is 54.6 Å². The van der Waals surface area contributed by atoms with Crippen molar-refractivity contribution in [3.63, 3.8) is 0 Å². The number of hydrogen-bond donors (Lipinski definition) is 0. The van der Waals surface area contributed by atoms with Gasteiger partial charge in [-0.05, 0) is 25.0 Å². The first-order valence-electron chi connectivity index (χ1n) is 12.8. The molecule has 1 heterocycles. The van der Waals surface area contributed by atoms with E-state index in [1.54, 1.807) is 33.9 Å². The summed E-state index contributed by atoms with van der Waals surface area (Å²) in [5.41, 5.74) is 3.13. The number of nitrogens with zero attached hydrogens (tertiary/aromatic N) is 3. The van der Waals surface area contributed by atoms with Gasteiger partial charge in [-0.2, -0.15) is 0 Å². The summed E-state index contributed by atoms with van der Waals surface area (Å²) in [5.74, 6) is -2.70. The molecule has 0 aliphatic rings. The van der Waals surface area contributed by atoms with Gasteiger partial charge in [0.2, 0.25) is 0 Å². The van der Waals surface area contributed by atoms with Crippen molar-refractivity contribution in [1.82, 2.24) is 15.0 Å². The van der Waals surface area contributed by atoms with Crippen molar-refractivity contribution in [1.29, 1.82) is 0 Å². The predicted octanol–water partition coefficient (Wildman–Crippen LogP) is 4.38. The van der Waals surface area contributed by atoms with Crippen molar-refractivity contribution < 1.29 is 28.6 Å². The summed E-state index contributed by atoms with van der Waals surface area (Å²) in [5, 5.41) is 8.48. The summed E-state index contributed by atoms with van der Waals surface area (Å²) in [6.45, 7) is 7.54. The van der Waals surface area contributed by atoms with Gasteiger partial charge in [-0.15, -0.1) is 5.10 Å². The van der Waals surface area contributed by atoms with Crippen LogP contribution in [0.1, 0.15) is 50.8 Å². The Kier molecular flexibility index (Phi) is 10.2. The minimum Gasteiger partial charge on any atom is -0.467 e. The molecule has 1 aromatic heterocycles. The van der Waals surface area contributed by atoms with Crippen molar-refractivity contribution in [3.8, 4) is 11.3 Å². The fourth-order valence-electron chi connectivity index (χ4n) is 4.55. The molecular formula is C29H35N3O6. The normalized spacial score (nSPS) is 14.1. The van der Waals surface area contributed by atoms with Gasteiger partial charge in [0.25, 0.3) is 0 Å². The standard InChI is InChI=1S/C29H35N3O6/c1-6-37-27(33)19(3)26(20(4)28(34)38-7-2)23-15-13-22(14-16-23)24-18-32(31-30-24)25(29(35)36-5)17-21-11-9-8-10-12-21/h8-16,18-20,25-26H,6-7,17H2,1-5H3/t19?,20?,25-,26?/m0/s1. The van der Waals surface area contributed by atoms with Gasteiger partial charge in [0.05, 0.1) is 38.4 Å². The first-order valence-corrected chi connectivity index (χ1v) is 12.8. The third-order valence-corrected chi connectivity index (χ3v) is 6.56. The Balaban J connectivity index is 1.87. The molecule has 0 saturated carbocycles. The summed E-state index contributed by atoms with van der Waals surface area (Å²) >= 11 is 0. The summed E-state index contributed by atoms with van der Waals surface area (Å²) in [7, 11) is 1.35. The van der Waals surface area contributed by atoms with Gasteiger partial charge in [-0.25, -0.2) is 9.48 Å². The van der Waals surface area contributed by atoms with Gasteiger partial charge in [-0.3, -0.25) is 9.59 Å². The first-order chi connectivity index (χ1) is 18.3. The van der Waals surface area contributed by atoms with Crippen LogP contribution in [-0.2, 0) is 35.0 Å². The summed E-state index contributed by atoms with van der Waals surface area (Å²) in [6.07, 6.45) is 2.12. The lowest BCUT2D eigenvalue weighted by molar-refractivity contribution is -0.152. The van der Waals surface area contributed by atoms with E-state index in [1.165, 1.54) is 11.8 Å². The molecule has 3 rings (SSSR count). The number of ether oxygens (including phenoxy) is 3. The zero-order valence-corrected chi connectivity index (χ0v) is 22.5. The summed E-state index contributed by atoms with van der Waals surface area (Å²) < 4.78 is 17.0. The van der Waals surface area contributed by atoms with E-state index >= 15 is 0 Å². The number of methoxy groups -OCH3 is 1. The molecule has 0 N–H and O–H groups in total. The smallest absolute Gasteiger partial charge is 0.331 e. The van der Waals surface area contributed by atoms with Gasteiger partial charge >= 0.3 is 17.9 Å². The number of carbonyl (C=O) groups excluding carboxylic acids is 3. The Morgan fingerprint density at radius 1 is 0.842 bits per heavy atom. The highest BCUT2D eigenvalue weighted by atomic mass is 16.5. The summed E-state index contributed by atoms with van der Waals surface area (Å²) in [4.78, 5) is 37.7. The Bertz CT molecular complexity index is 1180. The van der Waals surface area contributed by atoms with Crippen LogP contribution in [0.15, 0.2) is 60.8 Å². The van der Waals surface area contributed by atoms with Crippen molar-refractivity contribution >= 4 is 17.9 Å². The van der Waals surface area contributed by atoms with E-state index in [-0.39, 0.29) is 25.2 Å². The van der Waals surface area contributed by atoms with Crippen LogP contribution in [0.2, 0.25) is 0 Å². The highest BCUT2D eigenvalue weighted by Gasteiger charge is 2.35. The predicted molar refractivity (Wildman–Crippen MR) is 141 cm³/mol. The third-order valence-electron chi connectivity index (χ3n) is 6.56. The molecule has 2 unspecified atom stereocenters. The molecule has 0 aliphatic heterocycles. The molecule has 0 spiro atoms. The topological polar surface area (TPSA) is 110 Å². The van der Waals surface area contributed by atoms with Crippen molar-refractivity contribution in [2.45, 2.75) is 46.1 Å². The Morgan fingerprint density at radius 2 is 1.42 bits per heavy atom. The first kappa shape index (κ1) is 28.6. The van der Waals surface area contributed by atoms with Crippen LogP contribution in [0.4, 0.5) is 0 Å². The lowest BCUT2D eigenvalue weighted by Gasteiger charge is -2.27. The van der Waals surface area contributed by atoms with Gasteiger partial charge in [0.15, 0.2) is 6.04 Å². The van der Waals surface area contributed by atoms with Gasteiger partial charge in [0.1, 0.15) is 5.69 Å². The number of rotatable bonds is 12. The zero-order valence-electron chi connectivity index (χ0n) is 22.5. The highest BCUT2D eigenvalue weighted by molar-refractivity contribution is 5.78. The average molecular weight is 522 g/mol. The largest absolute Gasteiger partial charge is 0.467 e. The Hall–Kier alpha value is -4.01. The van der Waals surface area contributed by atoms with Gasteiger partial charge in [0, 0.05) is 17.9 Å². The van der Waals surface area contributed by atoms with Crippen molar-refractivity contribution in [3.05, 3.63) is 71.9 Å².